The first-order chi connectivity index (χ1) is 7.22. The van der Waals surface area contributed by atoms with E-state index in [-0.39, 0.29) is 17.6 Å². The first kappa shape index (κ1) is 15.1. The van der Waals surface area contributed by atoms with E-state index in [1.807, 2.05) is 31.2 Å². The topological polar surface area (TPSA) is 59.1 Å². The van der Waals surface area contributed by atoms with Crippen molar-refractivity contribution in [3.8, 4) is 5.75 Å². The molecular weight excluding hydrogens is 244 g/mol. The highest BCUT2D eigenvalue weighted by Crippen LogP contribution is 2.13. The number of amidine groups is 1. The number of hydrogen-bond donors (Lipinski definition) is 2. The Morgan fingerprint density at radius 2 is 2.00 bits per heavy atom. The van der Waals surface area contributed by atoms with Gasteiger partial charge in [0.05, 0.1) is 6.61 Å². The molecule has 3 nitrogen and oxygen atoms in total. The van der Waals surface area contributed by atoms with Crippen LogP contribution in [0.1, 0.15) is 12.5 Å². The maximum atomic E-state index is 7.07. The number of aryl methyl sites for hydroxylation is 1. The summed E-state index contributed by atoms with van der Waals surface area (Å²) in [7, 11) is 0. The molecule has 5 heteroatoms. The summed E-state index contributed by atoms with van der Waals surface area (Å²) in [5.74, 6) is 1.75. The normalized spacial score (nSPS) is 9.31. The van der Waals surface area contributed by atoms with Crippen LogP contribution in [0.15, 0.2) is 24.3 Å². The van der Waals surface area contributed by atoms with Crippen molar-refractivity contribution < 1.29 is 4.74 Å². The Bertz CT molecular complexity index is 316. The largest absolute Gasteiger partial charge is 0.494 e. The zero-order valence-electron chi connectivity index (χ0n) is 9.23. The summed E-state index contributed by atoms with van der Waals surface area (Å²) in [5, 5.41) is 7.25. The third-order valence-corrected chi connectivity index (χ3v) is 2.60. The Hall–Kier alpha value is -0.870. The molecule has 0 heterocycles. The third kappa shape index (κ3) is 5.88. The van der Waals surface area contributed by atoms with E-state index < -0.39 is 0 Å². The van der Waals surface area contributed by atoms with Crippen molar-refractivity contribution >= 4 is 29.3 Å². The molecule has 0 fully saturated rings. The van der Waals surface area contributed by atoms with Crippen molar-refractivity contribution in [2.75, 3.05) is 12.4 Å². The van der Waals surface area contributed by atoms with Crippen LogP contribution in [0, 0.1) is 5.41 Å². The standard InChI is InChI=1S/C11H16N2OS.ClH/c1-2-14-10-5-3-9(4-6-10)7-8-15-11(12)13;/h3-6H,2,7-8H2,1H3,(H3,12,13);1H. The van der Waals surface area contributed by atoms with Gasteiger partial charge in [0.1, 0.15) is 5.75 Å². The minimum atomic E-state index is 0. The molecule has 1 aromatic rings. The van der Waals surface area contributed by atoms with Gasteiger partial charge in [0.15, 0.2) is 5.17 Å². The van der Waals surface area contributed by atoms with Gasteiger partial charge in [-0.25, -0.2) is 0 Å². The van der Waals surface area contributed by atoms with Crippen molar-refractivity contribution in [2.24, 2.45) is 5.73 Å². The maximum absolute atomic E-state index is 7.07. The Labute approximate surface area is 107 Å². The Kier molecular flexibility index (Phi) is 7.85. The minimum Gasteiger partial charge on any atom is -0.494 e. The van der Waals surface area contributed by atoms with Gasteiger partial charge in [-0.15, -0.1) is 12.4 Å². The van der Waals surface area contributed by atoms with Gasteiger partial charge in [-0.05, 0) is 31.0 Å². The van der Waals surface area contributed by atoms with E-state index in [0.29, 0.717) is 6.61 Å². The Morgan fingerprint density at radius 1 is 1.38 bits per heavy atom. The summed E-state index contributed by atoms with van der Waals surface area (Å²) in [4.78, 5) is 0. The Morgan fingerprint density at radius 3 is 2.50 bits per heavy atom. The van der Waals surface area contributed by atoms with Gasteiger partial charge in [0, 0.05) is 5.75 Å². The number of ether oxygens (including phenoxy) is 1. The highest BCUT2D eigenvalue weighted by Gasteiger charge is 1.96. The van der Waals surface area contributed by atoms with Gasteiger partial charge >= 0.3 is 0 Å². The van der Waals surface area contributed by atoms with Crippen LogP contribution < -0.4 is 10.5 Å². The van der Waals surface area contributed by atoms with Crippen LogP contribution in [0.3, 0.4) is 0 Å². The van der Waals surface area contributed by atoms with Crippen LogP contribution in [0.4, 0.5) is 0 Å². The van der Waals surface area contributed by atoms with Crippen molar-refractivity contribution in [1.82, 2.24) is 0 Å². The lowest BCUT2D eigenvalue weighted by Crippen LogP contribution is -2.05. The van der Waals surface area contributed by atoms with E-state index in [1.54, 1.807) is 0 Å². The van der Waals surface area contributed by atoms with Gasteiger partial charge in [-0.2, -0.15) is 0 Å². The summed E-state index contributed by atoms with van der Waals surface area (Å²) < 4.78 is 5.34. The summed E-state index contributed by atoms with van der Waals surface area (Å²) >= 11 is 1.37. The van der Waals surface area contributed by atoms with Gasteiger partial charge in [-0.3, -0.25) is 5.41 Å². The molecule has 16 heavy (non-hydrogen) atoms. The molecule has 0 aliphatic rings. The lowest BCUT2D eigenvalue weighted by Gasteiger charge is -2.04. The number of nitrogens with one attached hydrogen (secondary N) is 1. The second kappa shape index (κ2) is 8.30. The van der Waals surface area contributed by atoms with Crippen molar-refractivity contribution in [1.29, 1.82) is 5.41 Å². The van der Waals surface area contributed by atoms with Crippen molar-refractivity contribution in [2.45, 2.75) is 13.3 Å². The number of benzene rings is 1. The van der Waals surface area contributed by atoms with Gasteiger partial charge < -0.3 is 10.5 Å². The van der Waals surface area contributed by atoms with Gasteiger partial charge in [-0.1, -0.05) is 23.9 Å². The fourth-order valence-corrected chi connectivity index (χ4v) is 1.76. The van der Waals surface area contributed by atoms with E-state index in [0.717, 1.165) is 17.9 Å². The molecule has 0 spiro atoms. The molecule has 0 saturated heterocycles. The molecule has 0 aromatic heterocycles. The molecule has 1 aromatic carbocycles. The van der Waals surface area contributed by atoms with E-state index in [9.17, 15) is 0 Å². The zero-order chi connectivity index (χ0) is 11.1. The molecule has 0 unspecified atom stereocenters. The van der Waals surface area contributed by atoms with E-state index in [4.69, 9.17) is 15.9 Å². The molecule has 1 rings (SSSR count). The molecule has 0 amide bonds. The number of hydrogen-bond acceptors (Lipinski definition) is 3. The maximum Gasteiger partial charge on any atom is 0.151 e. The summed E-state index contributed by atoms with van der Waals surface area (Å²) in [6, 6.07) is 8.03. The number of thioether (sulfide) groups is 1. The molecule has 0 bridgehead atoms. The van der Waals surface area contributed by atoms with Crippen molar-refractivity contribution in [3.63, 3.8) is 0 Å². The van der Waals surface area contributed by atoms with E-state index >= 15 is 0 Å². The van der Waals surface area contributed by atoms with E-state index in [1.165, 1.54) is 17.3 Å². The molecule has 90 valence electrons. The Balaban J connectivity index is 0.00000225. The smallest absolute Gasteiger partial charge is 0.151 e. The molecule has 0 atom stereocenters. The molecule has 0 radical (unpaired) electrons. The van der Waals surface area contributed by atoms with Crippen LogP contribution in [-0.2, 0) is 6.42 Å². The average molecular weight is 261 g/mol. The number of nitrogens with two attached hydrogens (primary N) is 1. The first-order valence-electron chi connectivity index (χ1n) is 4.91. The van der Waals surface area contributed by atoms with Crippen molar-refractivity contribution in [3.05, 3.63) is 29.8 Å². The average Bonchev–Trinajstić information content (AvgIpc) is 2.20. The van der Waals surface area contributed by atoms with Gasteiger partial charge in [0.25, 0.3) is 0 Å². The lowest BCUT2D eigenvalue weighted by molar-refractivity contribution is 0.340. The predicted molar refractivity (Wildman–Crippen MR) is 72.9 cm³/mol. The minimum absolute atomic E-state index is 0. The number of halogens is 1. The zero-order valence-corrected chi connectivity index (χ0v) is 10.9. The molecule has 0 aliphatic heterocycles. The van der Waals surface area contributed by atoms with Crippen LogP contribution in [-0.4, -0.2) is 17.5 Å². The van der Waals surface area contributed by atoms with Crippen LogP contribution >= 0.6 is 24.2 Å². The highest BCUT2D eigenvalue weighted by atomic mass is 35.5. The predicted octanol–water partition coefficient (Wildman–Crippen LogP) is 2.68. The molecular formula is C11H17ClN2OS. The monoisotopic (exact) mass is 260 g/mol. The third-order valence-electron chi connectivity index (χ3n) is 1.88. The fraction of sp³-hybridized carbons (Fsp3) is 0.364. The molecule has 3 N–H and O–H groups in total. The summed E-state index contributed by atoms with van der Waals surface area (Å²) in [6.07, 6.45) is 0.927. The van der Waals surface area contributed by atoms with Crippen LogP contribution in [0.5, 0.6) is 5.75 Å². The second-order valence-corrected chi connectivity index (χ2v) is 4.18. The lowest BCUT2D eigenvalue weighted by atomic mass is 10.2. The number of rotatable bonds is 5. The van der Waals surface area contributed by atoms with Crippen LogP contribution in [0.2, 0.25) is 0 Å². The quantitative estimate of drug-likeness (QED) is 0.632. The SMILES string of the molecule is CCOc1ccc(CCSC(=N)N)cc1.Cl. The first-order valence-corrected chi connectivity index (χ1v) is 5.89. The van der Waals surface area contributed by atoms with Crippen LogP contribution in [0.25, 0.3) is 0 Å². The van der Waals surface area contributed by atoms with E-state index in [2.05, 4.69) is 0 Å². The second-order valence-electron chi connectivity index (χ2n) is 3.04. The van der Waals surface area contributed by atoms with Gasteiger partial charge in [0.2, 0.25) is 0 Å². The summed E-state index contributed by atoms with van der Waals surface area (Å²) in [6.45, 7) is 2.66. The summed E-state index contributed by atoms with van der Waals surface area (Å²) in [5.41, 5.74) is 6.49. The molecule has 0 aliphatic carbocycles. The fourth-order valence-electron chi connectivity index (χ4n) is 1.20. The highest BCUT2D eigenvalue weighted by molar-refractivity contribution is 8.13. The molecule has 0 saturated carbocycles.